The fraction of sp³-hybridized carbons (Fsp3) is 0.0435. The molecule has 0 radical (unpaired) electrons. The topological polar surface area (TPSA) is 51.3 Å². The molecule has 0 fully saturated rings. The van der Waals surface area contributed by atoms with Crippen LogP contribution in [0.25, 0.3) is 32.7 Å². The number of thioether (sulfide) groups is 1. The molecule has 3 aromatic carbocycles. The van der Waals surface area contributed by atoms with Gasteiger partial charge in [-0.3, -0.25) is 9.98 Å². The van der Waals surface area contributed by atoms with Crippen LogP contribution >= 0.6 is 34.4 Å². The van der Waals surface area contributed by atoms with Gasteiger partial charge in [0, 0.05) is 39.5 Å². The van der Waals surface area contributed by atoms with E-state index in [2.05, 4.69) is 87.2 Å². The Labute approximate surface area is 181 Å². The van der Waals surface area contributed by atoms with Gasteiger partial charge < -0.3 is 5.73 Å². The van der Waals surface area contributed by atoms with E-state index in [-0.39, 0.29) is 0 Å². The highest BCUT2D eigenvalue weighted by molar-refractivity contribution is 14.1. The second-order valence-electron chi connectivity index (χ2n) is 6.11. The molecule has 3 nitrogen and oxygen atoms in total. The van der Waals surface area contributed by atoms with Crippen LogP contribution in [0.4, 0.5) is 0 Å². The summed E-state index contributed by atoms with van der Waals surface area (Å²) in [5, 5.41) is 5.46. The molecule has 1 aromatic heterocycles. The lowest BCUT2D eigenvalue weighted by Gasteiger charge is -2.16. The molecule has 5 heteroatoms. The first-order chi connectivity index (χ1) is 13.8. The number of fused-ring (bicyclic) bond motifs is 2. The van der Waals surface area contributed by atoms with Gasteiger partial charge in [0.1, 0.15) is 5.03 Å². The maximum atomic E-state index is 5.86. The minimum absolute atomic E-state index is 0.785. The van der Waals surface area contributed by atoms with Gasteiger partial charge in [0.25, 0.3) is 0 Å². The summed E-state index contributed by atoms with van der Waals surface area (Å²) in [7, 11) is 0. The van der Waals surface area contributed by atoms with Crippen LogP contribution in [0.2, 0.25) is 0 Å². The quantitative estimate of drug-likeness (QED) is 0.114. The summed E-state index contributed by atoms with van der Waals surface area (Å²) in [6.07, 6.45) is 7.24. The fourth-order valence-corrected chi connectivity index (χ4v) is 4.52. The predicted octanol–water partition coefficient (Wildman–Crippen LogP) is 6.41. The standard InChI is InChI=1S/C23H18IN3S/c24-11-13-27-21(14-25)28-23-18-9-5-4-8-17(18)22(16-6-2-1-3-7-16)20-15-26-12-10-19(20)23/h1-10,12-15H,11,25H2/b21-14+,27-13?. The normalized spacial score (nSPS) is 12.2. The molecule has 138 valence electrons. The number of rotatable bonds is 5. The minimum Gasteiger partial charge on any atom is -0.402 e. The monoisotopic (exact) mass is 495 g/mol. The van der Waals surface area contributed by atoms with Gasteiger partial charge in [0.15, 0.2) is 0 Å². The van der Waals surface area contributed by atoms with Crippen molar-refractivity contribution in [2.24, 2.45) is 10.7 Å². The van der Waals surface area contributed by atoms with E-state index in [0.717, 1.165) is 25.1 Å². The molecule has 0 atom stereocenters. The molecule has 0 unspecified atom stereocenters. The SMILES string of the molecule is N/C=C(\N=CCI)Sc1c2ccccc2c(-c2ccccc2)c2cnccc12. The van der Waals surface area contributed by atoms with Crippen LogP contribution in [0, 0.1) is 0 Å². The minimum atomic E-state index is 0.785. The summed E-state index contributed by atoms with van der Waals surface area (Å²) in [5.41, 5.74) is 8.25. The van der Waals surface area contributed by atoms with Gasteiger partial charge in [-0.15, -0.1) is 0 Å². The molecule has 4 aromatic rings. The largest absolute Gasteiger partial charge is 0.402 e. The van der Waals surface area contributed by atoms with Crippen molar-refractivity contribution >= 4 is 62.1 Å². The summed E-state index contributed by atoms with van der Waals surface area (Å²) >= 11 is 3.87. The molecule has 0 saturated heterocycles. The number of benzene rings is 3. The Morgan fingerprint density at radius 2 is 1.68 bits per heavy atom. The lowest BCUT2D eigenvalue weighted by atomic mass is 9.93. The van der Waals surface area contributed by atoms with E-state index in [1.807, 2.05) is 24.7 Å². The number of aromatic nitrogens is 1. The molecule has 0 bridgehead atoms. The number of hydrogen-bond acceptors (Lipinski definition) is 4. The third-order valence-corrected chi connectivity index (χ3v) is 5.96. The van der Waals surface area contributed by atoms with Crippen molar-refractivity contribution in [3.63, 3.8) is 0 Å². The van der Waals surface area contributed by atoms with E-state index in [0.29, 0.717) is 0 Å². The highest BCUT2D eigenvalue weighted by atomic mass is 127. The number of halogens is 1. The van der Waals surface area contributed by atoms with E-state index in [1.165, 1.54) is 21.9 Å². The van der Waals surface area contributed by atoms with Crippen LogP contribution < -0.4 is 5.73 Å². The molecule has 1 heterocycles. The van der Waals surface area contributed by atoms with Gasteiger partial charge in [-0.1, -0.05) is 89.0 Å². The average Bonchev–Trinajstić information content (AvgIpc) is 2.76. The Bertz CT molecular complexity index is 1130. The Morgan fingerprint density at radius 3 is 2.43 bits per heavy atom. The molecular weight excluding hydrogens is 477 g/mol. The van der Waals surface area contributed by atoms with E-state index in [9.17, 15) is 0 Å². The van der Waals surface area contributed by atoms with E-state index in [1.54, 1.807) is 18.0 Å². The molecule has 0 aliphatic carbocycles. The molecule has 0 saturated carbocycles. The molecule has 0 amide bonds. The molecule has 4 rings (SSSR count). The lowest BCUT2D eigenvalue weighted by molar-refractivity contribution is 1.36. The maximum Gasteiger partial charge on any atom is 0.116 e. The first-order valence-corrected chi connectivity index (χ1v) is 11.2. The molecule has 0 aliphatic rings. The van der Waals surface area contributed by atoms with Gasteiger partial charge in [0.2, 0.25) is 0 Å². The van der Waals surface area contributed by atoms with Gasteiger partial charge in [-0.25, -0.2) is 0 Å². The van der Waals surface area contributed by atoms with Crippen LogP contribution in [0.5, 0.6) is 0 Å². The van der Waals surface area contributed by atoms with Crippen molar-refractivity contribution in [1.82, 2.24) is 4.98 Å². The molecule has 2 N–H and O–H groups in total. The summed E-state index contributed by atoms with van der Waals surface area (Å²) in [6.45, 7) is 0. The van der Waals surface area contributed by atoms with Crippen molar-refractivity contribution in [2.45, 2.75) is 4.90 Å². The summed E-state index contributed by atoms with van der Waals surface area (Å²) in [5.74, 6) is 0. The van der Waals surface area contributed by atoms with E-state index < -0.39 is 0 Å². The zero-order chi connectivity index (χ0) is 19.3. The Morgan fingerprint density at radius 1 is 0.964 bits per heavy atom. The fourth-order valence-electron chi connectivity index (χ4n) is 3.34. The van der Waals surface area contributed by atoms with Gasteiger partial charge in [-0.2, -0.15) is 0 Å². The Kier molecular flexibility index (Phi) is 5.92. The third kappa shape index (κ3) is 3.64. The number of nitrogens with zero attached hydrogens (tertiary/aromatic N) is 2. The number of alkyl halides is 1. The van der Waals surface area contributed by atoms with Crippen LogP contribution in [-0.4, -0.2) is 15.6 Å². The highest BCUT2D eigenvalue weighted by Crippen LogP contribution is 2.44. The van der Waals surface area contributed by atoms with Crippen molar-refractivity contribution in [1.29, 1.82) is 0 Å². The number of nitrogens with two attached hydrogens (primary N) is 1. The lowest BCUT2D eigenvalue weighted by Crippen LogP contribution is -1.91. The third-order valence-electron chi connectivity index (χ3n) is 4.48. The van der Waals surface area contributed by atoms with Crippen LogP contribution in [-0.2, 0) is 0 Å². The molecule has 0 spiro atoms. The van der Waals surface area contributed by atoms with Crippen molar-refractivity contribution < 1.29 is 0 Å². The predicted molar refractivity (Wildman–Crippen MR) is 130 cm³/mol. The molecule has 28 heavy (non-hydrogen) atoms. The number of aliphatic imine (C=N–C) groups is 1. The number of hydrogen-bond donors (Lipinski definition) is 1. The van der Waals surface area contributed by atoms with Crippen LogP contribution in [0.15, 0.2) is 94.2 Å². The maximum absolute atomic E-state index is 5.86. The second-order valence-corrected chi connectivity index (χ2v) is 8.02. The summed E-state index contributed by atoms with van der Waals surface area (Å²) in [6, 6.07) is 21.1. The average molecular weight is 495 g/mol. The highest BCUT2D eigenvalue weighted by Gasteiger charge is 2.16. The van der Waals surface area contributed by atoms with Crippen LogP contribution in [0.1, 0.15) is 0 Å². The summed E-state index contributed by atoms with van der Waals surface area (Å²) in [4.78, 5) is 10.1. The number of pyridine rings is 1. The summed E-state index contributed by atoms with van der Waals surface area (Å²) < 4.78 is 0.841. The van der Waals surface area contributed by atoms with Gasteiger partial charge in [0.05, 0.1) is 0 Å². The van der Waals surface area contributed by atoms with Crippen LogP contribution in [0.3, 0.4) is 0 Å². The van der Waals surface area contributed by atoms with Gasteiger partial charge >= 0.3 is 0 Å². The Balaban J connectivity index is 2.05. The van der Waals surface area contributed by atoms with E-state index in [4.69, 9.17) is 5.73 Å². The smallest absolute Gasteiger partial charge is 0.116 e. The zero-order valence-corrected chi connectivity index (χ0v) is 18.0. The zero-order valence-electron chi connectivity index (χ0n) is 15.0. The van der Waals surface area contributed by atoms with Crippen molar-refractivity contribution in [2.75, 3.05) is 4.43 Å². The Hall–Kier alpha value is -2.38. The second kappa shape index (κ2) is 8.75. The van der Waals surface area contributed by atoms with Crippen molar-refractivity contribution in [3.8, 4) is 11.1 Å². The van der Waals surface area contributed by atoms with E-state index >= 15 is 0 Å². The first-order valence-electron chi connectivity index (χ1n) is 8.85. The molecule has 0 aliphatic heterocycles. The van der Waals surface area contributed by atoms with Crippen molar-refractivity contribution in [3.05, 3.63) is 84.3 Å². The molecular formula is C23H18IN3S. The first kappa shape index (κ1) is 19.0. The van der Waals surface area contributed by atoms with Gasteiger partial charge in [-0.05, 0) is 33.4 Å².